The fraction of sp³-hybridized carbons (Fsp3) is 0.278. The fourth-order valence-corrected chi connectivity index (χ4v) is 2.38. The molecule has 1 amide bonds. The van der Waals surface area contributed by atoms with Crippen LogP contribution in [0.25, 0.3) is 0 Å². The Morgan fingerprint density at radius 1 is 1.08 bits per heavy atom. The summed E-state index contributed by atoms with van der Waals surface area (Å²) >= 11 is 0. The van der Waals surface area contributed by atoms with Gasteiger partial charge >= 0.3 is 0 Å². The summed E-state index contributed by atoms with van der Waals surface area (Å²) in [5.41, 5.74) is 10.3. The molecule has 0 fully saturated rings. The van der Waals surface area contributed by atoms with Gasteiger partial charge in [0.2, 0.25) is 0 Å². The molecule has 0 aliphatic carbocycles. The molecule has 2 aromatic carbocycles. The van der Waals surface area contributed by atoms with E-state index in [1.807, 2.05) is 45.3 Å². The van der Waals surface area contributed by atoms with Crippen LogP contribution in [0, 0.1) is 6.92 Å². The lowest BCUT2D eigenvalue weighted by Gasteiger charge is -2.15. The number of aryl methyl sites for hydroxylation is 1. The van der Waals surface area contributed by atoms with Gasteiger partial charge < -0.3 is 16.0 Å². The molecule has 2 aromatic rings. The second-order valence-corrected chi connectivity index (χ2v) is 5.76. The zero-order chi connectivity index (χ0) is 16.1. The van der Waals surface area contributed by atoms with Crippen LogP contribution in [-0.4, -0.2) is 24.9 Å². The first-order chi connectivity index (χ1) is 10.5. The molecule has 0 heterocycles. The summed E-state index contributed by atoms with van der Waals surface area (Å²) in [5.74, 6) is -0.0931. The summed E-state index contributed by atoms with van der Waals surface area (Å²) in [4.78, 5) is 14.5. The molecule has 132 valence electrons. The van der Waals surface area contributed by atoms with Gasteiger partial charge in [-0.25, -0.2) is 0 Å². The minimum atomic E-state index is -0.0931. The monoisotopic (exact) mass is 369 g/mol. The van der Waals surface area contributed by atoms with Crippen molar-refractivity contribution in [3.63, 3.8) is 0 Å². The number of hydrogen-bond donors (Lipinski definition) is 2. The lowest BCUT2D eigenvalue weighted by molar-refractivity contribution is 0.0950. The molecule has 0 saturated heterocycles. The Kier molecular flexibility index (Phi) is 9.44. The van der Waals surface area contributed by atoms with Gasteiger partial charge in [0.1, 0.15) is 0 Å². The molecule has 24 heavy (non-hydrogen) atoms. The number of rotatable bonds is 5. The van der Waals surface area contributed by atoms with Crippen LogP contribution < -0.4 is 11.1 Å². The zero-order valence-corrected chi connectivity index (χ0v) is 15.8. The predicted molar refractivity (Wildman–Crippen MR) is 105 cm³/mol. The third-order valence-corrected chi connectivity index (χ3v) is 3.55. The van der Waals surface area contributed by atoms with Gasteiger partial charge in [-0.2, -0.15) is 0 Å². The van der Waals surface area contributed by atoms with Crippen LogP contribution in [-0.2, 0) is 13.1 Å². The number of carbonyl (C=O) groups excluding carboxylic acids is 1. The van der Waals surface area contributed by atoms with Crippen molar-refractivity contribution in [2.75, 3.05) is 19.8 Å². The van der Waals surface area contributed by atoms with Gasteiger partial charge in [-0.05, 0) is 49.8 Å². The van der Waals surface area contributed by atoms with E-state index in [4.69, 9.17) is 5.73 Å². The Hall–Kier alpha value is -1.75. The van der Waals surface area contributed by atoms with Gasteiger partial charge in [0.15, 0.2) is 0 Å². The number of nitrogens with one attached hydrogen (secondary N) is 1. The molecule has 6 heteroatoms. The number of amides is 1. The molecule has 0 saturated carbocycles. The normalized spacial score (nSPS) is 9.83. The highest BCUT2D eigenvalue weighted by Crippen LogP contribution is 2.14. The van der Waals surface area contributed by atoms with Gasteiger partial charge in [-0.3, -0.25) is 4.79 Å². The van der Waals surface area contributed by atoms with Crippen molar-refractivity contribution in [2.24, 2.45) is 0 Å². The molecule has 0 aromatic heterocycles. The molecule has 0 spiro atoms. The number of carbonyl (C=O) groups is 1. The highest BCUT2D eigenvalue weighted by atomic mass is 35.5. The van der Waals surface area contributed by atoms with Crippen molar-refractivity contribution in [1.29, 1.82) is 0 Å². The number of benzene rings is 2. The Labute approximate surface area is 156 Å². The van der Waals surface area contributed by atoms with E-state index < -0.39 is 0 Å². The van der Waals surface area contributed by atoms with Gasteiger partial charge in [-0.1, -0.05) is 30.3 Å². The van der Waals surface area contributed by atoms with Crippen molar-refractivity contribution in [3.8, 4) is 0 Å². The first kappa shape index (κ1) is 22.2. The van der Waals surface area contributed by atoms with Crippen LogP contribution in [0.1, 0.15) is 27.0 Å². The van der Waals surface area contributed by atoms with E-state index >= 15 is 0 Å². The molecule has 0 atom stereocenters. The highest BCUT2D eigenvalue weighted by molar-refractivity contribution is 5.96. The topological polar surface area (TPSA) is 58.4 Å². The summed E-state index contributed by atoms with van der Waals surface area (Å²) in [7, 11) is 4.07. The second-order valence-electron chi connectivity index (χ2n) is 5.76. The van der Waals surface area contributed by atoms with Crippen molar-refractivity contribution in [3.05, 3.63) is 64.7 Å². The van der Waals surface area contributed by atoms with Crippen LogP contribution in [0.15, 0.2) is 42.5 Å². The molecule has 0 unspecified atom stereocenters. The standard InChI is InChI=1S/C18H23N3O.2ClH/c1-13-8-9-16(19)10-17(13)18(22)20-11-14-6-4-5-7-15(14)12-21(2)3;;/h4-10H,11-12,19H2,1-3H3,(H,20,22);2*1H. The maximum atomic E-state index is 12.3. The minimum Gasteiger partial charge on any atom is -0.399 e. The molecule has 0 aliphatic rings. The average Bonchev–Trinajstić information content (AvgIpc) is 2.48. The quantitative estimate of drug-likeness (QED) is 0.793. The molecule has 4 nitrogen and oxygen atoms in total. The predicted octanol–water partition coefficient (Wildman–Crippen LogP) is 3.41. The number of nitrogens with two attached hydrogens (primary N) is 1. The summed E-state index contributed by atoms with van der Waals surface area (Å²) in [5, 5.41) is 2.98. The number of nitrogen functional groups attached to an aromatic ring is 1. The lowest BCUT2D eigenvalue weighted by Crippen LogP contribution is -2.25. The third kappa shape index (κ3) is 6.04. The molecular formula is C18H25Cl2N3O. The summed E-state index contributed by atoms with van der Waals surface area (Å²) in [6.45, 7) is 3.27. The number of hydrogen-bond acceptors (Lipinski definition) is 3. The number of nitrogens with zero attached hydrogens (tertiary/aromatic N) is 1. The van der Waals surface area contributed by atoms with E-state index in [2.05, 4.69) is 16.3 Å². The van der Waals surface area contributed by atoms with E-state index in [9.17, 15) is 4.79 Å². The largest absolute Gasteiger partial charge is 0.399 e. The molecule has 0 aliphatic heterocycles. The number of halogens is 2. The van der Waals surface area contributed by atoms with E-state index in [0.717, 1.165) is 17.7 Å². The van der Waals surface area contributed by atoms with E-state index in [-0.39, 0.29) is 30.7 Å². The van der Waals surface area contributed by atoms with Crippen LogP contribution in [0.5, 0.6) is 0 Å². The summed E-state index contributed by atoms with van der Waals surface area (Å²) in [6.07, 6.45) is 0. The molecule has 0 radical (unpaired) electrons. The van der Waals surface area contributed by atoms with Gasteiger partial charge in [0.05, 0.1) is 0 Å². The van der Waals surface area contributed by atoms with Crippen LogP contribution >= 0.6 is 24.8 Å². The Morgan fingerprint density at radius 2 is 1.71 bits per heavy atom. The van der Waals surface area contributed by atoms with E-state index in [0.29, 0.717) is 17.8 Å². The van der Waals surface area contributed by atoms with Crippen molar-refractivity contribution in [2.45, 2.75) is 20.0 Å². The molecule has 0 bridgehead atoms. The van der Waals surface area contributed by atoms with Gasteiger partial charge in [0.25, 0.3) is 5.91 Å². The van der Waals surface area contributed by atoms with Crippen LogP contribution in [0.2, 0.25) is 0 Å². The Morgan fingerprint density at radius 3 is 2.33 bits per heavy atom. The lowest BCUT2D eigenvalue weighted by atomic mass is 10.1. The van der Waals surface area contributed by atoms with E-state index in [1.54, 1.807) is 12.1 Å². The smallest absolute Gasteiger partial charge is 0.251 e. The fourth-order valence-electron chi connectivity index (χ4n) is 2.38. The second kappa shape index (κ2) is 10.2. The first-order valence-corrected chi connectivity index (χ1v) is 7.33. The minimum absolute atomic E-state index is 0. The Balaban J connectivity index is 0.00000264. The maximum Gasteiger partial charge on any atom is 0.251 e. The first-order valence-electron chi connectivity index (χ1n) is 7.33. The van der Waals surface area contributed by atoms with Gasteiger partial charge in [0, 0.05) is 24.3 Å². The maximum absolute atomic E-state index is 12.3. The van der Waals surface area contributed by atoms with Crippen molar-refractivity contribution in [1.82, 2.24) is 10.2 Å². The van der Waals surface area contributed by atoms with Crippen molar-refractivity contribution >= 4 is 36.4 Å². The van der Waals surface area contributed by atoms with Crippen LogP contribution in [0.3, 0.4) is 0 Å². The highest BCUT2D eigenvalue weighted by Gasteiger charge is 2.10. The zero-order valence-electron chi connectivity index (χ0n) is 14.2. The molecule has 3 N–H and O–H groups in total. The Bertz CT molecular complexity index is 675. The SMILES string of the molecule is Cc1ccc(N)cc1C(=O)NCc1ccccc1CN(C)C.Cl.Cl. The number of anilines is 1. The third-order valence-electron chi connectivity index (χ3n) is 3.55. The van der Waals surface area contributed by atoms with Crippen molar-refractivity contribution < 1.29 is 4.79 Å². The summed E-state index contributed by atoms with van der Waals surface area (Å²) < 4.78 is 0. The van der Waals surface area contributed by atoms with E-state index in [1.165, 1.54) is 5.56 Å². The van der Waals surface area contributed by atoms with Gasteiger partial charge in [-0.15, -0.1) is 24.8 Å². The van der Waals surface area contributed by atoms with Crippen LogP contribution in [0.4, 0.5) is 5.69 Å². The average molecular weight is 370 g/mol. The molecule has 2 rings (SSSR count). The summed E-state index contributed by atoms with van der Waals surface area (Å²) in [6, 6.07) is 13.5. The molecular weight excluding hydrogens is 345 g/mol.